The molecule has 0 spiro atoms. The molecule has 3 heterocycles. The molecule has 2 N–H and O–H groups in total. The van der Waals surface area contributed by atoms with E-state index in [0.29, 0.717) is 44.1 Å². The molecule has 184 valence electrons. The summed E-state index contributed by atoms with van der Waals surface area (Å²) in [6.45, 7) is 6.00. The predicted octanol–water partition coefficient (Wildman–Crippen LogP) is 1.69. The van der Waals surface area contributed by atoms with E-state index in [1.807, 2.05) is 13.8 Å². The zero-order valence-corrected chi connectivity index (χ0v) is 20.1. The van der Waals surface area contributed by atoms with Crippen molar-refractivity contribution in [2.75, 3.05) is 32.9 Å². The van der Waals surface area contributed by atoms with Gasteiger partial charge in [-0.05, 0) is 31.0 Å². The van der Waals surface area contributed by atoms with Gasteiger partial charge in [0.25, 0.3) is 5.56 Å². The number of hydrogen-bond acceptors (Lipinski definition) is 7. The Kier molecular flexibility index (Phi) is 7.19. The number of aryl methyl sites for hydroxylation is 1. The topological polar surface area (TPSA) is 139 Å². The van der Waals surface area contributed by atoms with Crippen molar-refractivity contribution >= 4 is 21.2 Å². The Morgan fingerprint density at radius 1 is 1.12 bits per heavy atom. The highest BCUT2D eigenvalue weighted by Crippen LogP contribution is 2.33. The number of unbranched alkanes of at least 4 members (excludes halogenated alkanes) is 1. The van der Waals surface area contributed by atoms with Crippen LogP contribution in [-0.2, 0) is 21.3 Å². The first-order valence-corrected chi connectivity index (χ1v) is 12.9. The van der Waals surface area contributed by atoms with Gasteiger partial charge in [-0.15, -0.1) is 0 Å². The first kappa shape index (κ1) is 24.2. The van der Waals surface area contributed by atoms with Gasteiger partial charge in [-0.2, -0.15) is 4.31 Å². The molecule has 0 radical (unpaired) electrons. The molecule has 2 aromatic heterocycles. The minimum absolute atomic E-state index is 0.0903. The first-order chi connectivity index (χ1) is 16.4. The molecule has 1 fully saturated rings. The van der Waals surface area contributed by atoms with Crippen LogP contribution in [0.2, 0.25) is 0 Å². The van der Waals surface area contributed by atoms with Gasteiger partial charge < -0.3 is 14.5 Å². The lowest BCUT2D eigenvalue weighted by atomic mass is 10.2. The van der Waals surface area contributed by atoms with Gasteiger partial charge in [0, 0.05) is 19.6 Å². The lowest BCUT2D eigenvalue weighted by molar-refractivity contribution is 0.0730. The molecule has 3 aromatic rings. The van der Waals surface area contributed by atoms with E-state index in [1.165, 1.54) is 21.0 Å². The van der Waals surface area contributed by atoms with Crippen molar-refractivity contribution in [2.24, 2.45) is 0 Å². The maximum Gasteiger partial charge on any atom is 0.330 e. The van der Waals surface area contributed by atoms with Crippen molar-refractivity contribution in [1.29, 1.82) is 0 Å². The van der Waals surface area contributed by atoms with Crippen LogP contribution in [0.25, 0.3) is 22.6 Å². The number of aromatic nitrogens is 4. The van der Waals surface area contributed by atoms with Gasteiger partial charge in [-0.25, -0.2) is 18.2 Å². The Balaban J connectivity index is 1.86. The molecule has 1 saturated heterocycles. The summed E-state index contributed by atoms with van der Waals surface area (Å²) in [5.41, 5.74) is -0.371. The van der Waals surface area contributed by atoms with Crippen LogP contribution in [0.5, 0.6) is 5.75 Å². The fourth-order valence-corrected chi connectivity index (χ4v) is 5.28. The SMILES string of the molecule is CCCCOc1ccc(S(=O)(=O)N2CCOCC2)cc1-c1nc2c([nH]1)c(=O)[nH]c(=O)n2CCC. The number of hydrogen-bond donors (Lipinski definition) is 2. The highest BCUT2D eigenvalue weighted by atomic mass is 32.2. The number of fused-ring (bicyclic) bond motifs is 1. The van der Waals surface area contributed by atoms with Crippen molar-refractivity contribution < 1.29 is 17.9 Å². The van der Waals surface area contributed by atoms with E-state index in [4.69, 9.17) is 9.47 Å². The fraction of sp³-hybridized carbons (Fsp3) is 0.500. The summed E-state index contributed by atoms with van der Waals surface area (Å²) in [5.74, 6) is 0.690. The van der Waals surface area contributed by atoms with Crippen molar-refractivity contribution in [2.45, 2.75) is 44.6 Å². The Bertz CT molecular complexity index is 1390. The quantitative estimate of drug-likeness (QED) is 0.434. The number of nitrogens with zero attached hydrogens (tertiary/aromatic N) is 3. The highest BCUT2D eigenvalue weighted by Gasteiger charge is 2.28. The largest absolute Gasteiger partial charge is 0.493 e. The molecule has 11 nitrogen and oxygen atoms in total. The molecular weight excluding hydrogens is 462 g/mol. The van der Waals surface area contributed by atoms with Crippen LogP contribution in [0.1, 0.15) is 33.1 Å². The van der Waals surface area contributed by atoms with E-state index in [-0.39, 0.29) is 35.0 Å². The number of nitrogens with one attached hydrogen (secondary N) is 2. The molecule has 12 heteroatoms. The lowest BCUT2D eigenvalue weighted by Crippen LogP contribution is -2.40. The van der Waals surface area contributed by atoms with Crippen LogP contribution in [0, 0.1) is 0 Å². The number of morpholine rings is 1. The second-order valence-corrected chi connectivity index (χ2v) is 10.0. The second-order valence-electron chi connectivity index (χ2n) is 8.07. The highest BCUT2D eigenvalue weighted by molar-refractivity contribution is 7.89. The zero-order valence-electron chi connectivity index (χ0n) is 19.3. The molecule has 1 aliphatic heterocycles. The van der Waals surface area contributed by atoms with E-state index >= 15 is 0 Å². The molecule has 0 atom stereocenters. The summed E-state index contributed by atoms with van der Waals surface area (Å²) in [7, 11) is -3.76. The van der Waals surface area contributed by atoms with Crippen LogP contribution in [0.4, 0.5) is 0 Å². The second kappa shape index (κ2) is 10.1. The van der Waals surface area contributed by atoms with E-state index < -0.39 is 21.3 Å². The Morgan fingerprint density at radius 3 is 2.59 bits per heavy atom. The molecule has 0 amide bonds. The Morgan fingerprint density at radius 2 is 1.88 bits per heavy atom. The van der Waals surface area contributed by atoms with Crippen LogP contribution in [-0.4, -0.2) is 65.2 Å². The molecule has 4 rings (SSSR count). The molecule has 0 bridgehead atoms. The fourth-order valence-electron chi connectivity index (χ4n) is 3.84. The number of ether oxygens (including phenoxy) is 2. The molecule has 1 aromatic carbocycles. The van der Waals surface area contributed by atoms with Crippen LogP contribution in [0.15, 0.2) is 32.7 Å². The Hall–Kier alpha value is -2.96. The third-order valence-electron chi connectivity index (χ3n) is 5.65. The number of benzene rings is 1. The average Bonchev–Trinajstić information content (AvgIpc) is 3.28. The minimum atomic E-state index is -3.76. The number of imidazole rings is 1. The normalized spacial score (nSPS) is 15.1. The molecular formula is C22H29N5O6S. The van der Waals surface area contributed by atoms with Crippen molar-refractivity contribution in [1.82, 2.24) is 23.8 Å². The van der Waals surface area contributed by atoms with Crippen molar-refractivity contribution in [3.8, 4) is 17.1 Å². The molecule has 34 heavy (non-hydrogen) atoms. The van der Waals surface area contributed by atoms with E-state index in [0.717, 1.165) is 12.8 Å². The summed E-state index contributed by atoms with van der Waals surface area (Å²) in [6.07, 6.45) is 2.42. The lowest BCUT2D eigenvalue weighted by Gasteiger charge is -2.26. The van der Waals surface area contributed by atoms with Crippen molar-refractivity contribution in [3.63, 3.8) is 0 Å². The Labute approximate surface area is 196 Å². The maximum atomic E-state index is 13.3. The van der Waals surface area contributed by atoms with Gasteiger partial charge in [-0.1, -0.05) is 20.3 Å². The van der Waals surface area contributed by atoms with Crippen LogP contribution < -0.4 is 16.0 Å². The smallest absolute Gasteiger partial charge is 0.330 e. The van der Waals surface area contributed by atoms with E-state index in [2.05, 4.69) is 15.0 Å². The standard InChI is InChI=1S/C22H29N5O6S/c1-3-5-11-33-17-7-6-15(34(30,31)26-9-12-32-13-10-26)14-16(17)19-23-18-20(24-19)27(8-4-2)22(29)25-21(18)28/h6-7,14H,3-5,8-13H2,1-2H3,(H,23,24)(H,25,28,29). The third kappa shape index (κ3) is 4.65. The van der Waals surface area contributed by atoms with Crippen LogP contribution in [0.3, 0.4) is 0 Å². The van der Waals surface area contributed by atoms with Gasteiger partial charge in [0.2, 0.25) is 10.0 Å². The number of rotatable bonds is 9. The van der Waals surface area contributed by atoms with E-state index in [9.17, 15) is 18.0 Å². The number of sulfonamides is 1. The molecule has 1 aliphatic rings. The molecule has 0 unspecified atom stereocenters. The predicted molar refractivity (Wildman–Crippen MR) is 127 cm³/mol. The molecule has 0 aliphatic carbocycles. The summed E-state index contributed by atoms with van der Waals surface area (Å²) >= 11 is 0. The zero-order chi connectivity index (χ0) is 24.3. The maximum absolute atomic E-state index is 13.3. The summed E-state index contributed by atoms with van der Waals surface area (Å²) < 4.78 is 40.5. The average molecular weight is 492 g/mol. The number of H-pyrrole nitrogens is 2. The van der Waals surface area contributed by atoms with Gasteiger partial charge in [0.05, 0.1) is 30.3 Å². The monoisotopic (exact) mass is 491 g/mol. The summed E-state index contributed by atoms with van der Waals surface area (Å²) in [5, 5.41) is 0. The molecule has 0 saturated carbocycles. The van der Waals surface area contributed by atoms with Gasteiger partial charge in [-0.3, -0.25) is 14.3 Å². The van der Waals surface area contributed by atoms with Gasteiger partial charge >= 0.3 is 5.69 Å². The number of aromatic amines is 2. The van der Waals surface area contributed by atoms with Gasteiger partial charge in [0.15, 0.2) is 5.65 Å². The van der Waals surface area contributed by atoms with Gasteiger partial charge in [0.1, 0.15) is 17.1 Å². The van der Waals surface area contributed by atoms with E-state index in [1.54, 1.807) is 6.07 Å². The van der Waals surface area contributed by atoms with Crippen molar-refractivity contribution in [3.05, 3.63) is 39.0 Å². The first-order valence-electron chi connectivity index (χ1n) is 11.4. The summed E-state index contributed by atoms with van der Waals surface area (Å²) in [6, 6.07) is 4.62. The van der Waals surface area contributed by atoms with Crippen LogP contribution >= 0.6 is 0 Å². The third-order valence-corrected chi connectivity index (χ3v) is 7.54. The minimum Gasteiger partial charge on any atom is -0.493 e. The summed E-state index contributed by atoms with van der Waals surface area (Å²) in [4.78, 5) is 34.7.